The number of rotatable bonds is 3. The van der Waals surface area contributed by atoms with Crippen molar-refractivity contribution in [1.29, 1.82) is 0 Å². The van der Waals surface area contributed by atoms with E-state index < -0.39 is 0 Å². The number of benzene rings is 2. The normalized spacial score (nSPS) is 23.7. The van der Waals surface area contributed by atoms with Gasteiger partial charge in [0.15, 0.2) is 5.84 Å². The summed E-state index contributed by atoms with van der Waals surface area (Å²) in [7, 11) is 6.37. The van der Waals surface area contributed by atoms with Crippen molar-refractivity contribution in [3.8, 4) is 11.1 Å². The number of fused-ring (bicyclic) bond motifs is 1. The number of hydrogen-bond donors (Lipinski definition) is 2. The number of H-pyrrole nitrogens is 1. The van der Waals surface area contributed by atoms with Crippen LogP contribution in [-0.4, -0.2) is 35.8 Å². The molecule has 3 aromatic rings. The quantitative estimate of drug-likeness (QED) is 0.538. The maximum atomic E-state index is 6.37. The molecule has 2 aliphatic rings. The van der Waals surface area contributed by atoms with Crippen LogP contribution < -0.4 is 5.32 Å². The topological polar surface area (TPSA) is 65.4 Å². The first kappa shape index (κ1) is 20.7. The number of anilines is 1. The fourth-order valence-electron chi connectivity index (χ4n) is 4.70. The Morgan fingerprint density at radius 2 is 1.66 bits per heavy atom. The summed E-state index contributed by atoms with van der Waals surface area (Å²) in [4.78, 5) is 10.2. The molecule has 2 heterocycles. The van der Waals surface area contributed by atoms with Crippen LogP contribution in [0.25, 0.3) is 11.1 Å². The highest BCUT2D eigenvalue weighted by Gasteiger charge is 2.31. The van der Waals surface area contributed by atoms with E-state index in [0.29, 0.717) is 0 Å². The molecule has 3 atom stereocenters. The number of amidine groups is 2. The molecular weight excluding hydrogens is 393 g/mol. The number of nitrogens with zero attached hydrogens (tertiary/aromatic N) is 3. The van der Waals surface area contributed by atoms with Crippen LogP contribution in [0.4, 0.5) is 5.69 Å². The molecular formula is C26H28BN5. The lowest BCUT2D eigenvalue weighted by Gasteiger charge is -2.30. The minimum atomic E-state index is 0.237. The van der Waals surface area contributed by atoms with Crippen molar-refractivity contribution < 1.29 is 0 Å². The molecule has 5 nitrogen and oxygen atoms in total. The van der Waals surface area contributed by atoms with E-state index in [1.54, 1.807) is 0 Å². The van der Waals surface area contributed by atoms with Crippen LogP contribution in [0, 0.1) is 5.92 Å². The predicted molar refractivity (Wildman–Crippen MR) is 133 cm³/mol. The Hall–Kier alpha value is -3.15. The fraction of sp³-hybridized carbons (Fsp3) is 0.346. The van der Waals surface area contributed by atoms with Gasteiger partial charge in [0.05, 0.1) is 20.1 Å². The zero-order chi connectivity index (χ0) is 21.8. The Kier molecular flexibility index (Phi) is 6.19. The Bertz CT molecular complexity index is 1070. The summed E-state index contributed by atoms with van der Waals surface area (Å²) in [5.41, 5.74) is 4.31. The van der Waals surface area contributed by atoms with Crippen LogP contribution in [-0.2, 0) is 0 Å². The van der Waals surface area contributed by atoms with Crippen LogP contribution >= 0.6 is 0 Å². The molecule has 2 radical (unpaired) electrons. The first-order valence-electron chi connectivity index (χ1n) is 11.6. The number of hydrogen-bond acceptors (Lipinski definition) is 4. The van der Waals surface area contributed by atoms with Gasteiger partial charge in [-0.2, -0.15) is 5.10 Å². The van der Waals surface area contributed by atoms with Crippen molar-refractivity contribution in [3.05, 3.63) is 72.6 Å². The summed E-state index contributed by atoms with van der Waals surface area (Å²) in [6.07, 6.45) is 10.3. The largest absolute Gasteiger partial charge is 0.343 e. The van der Waals surface area contributed by atoms with Gasteiger partial charge in [-0.25, -0.2) is 4.99 Å². The van der Waals surface area contributed by atoms with Crippen molar-refractivity contribution in [1.82, 2.24) is 10.2 Å². The summed E-state index contributed by atoms with van der Waals surface area (Å²) in [6, 6.07) is 19.0. The van der Waals surface area contributed by atoms with Gasteiger partial charge >= 0.3 is 0 Å². The molecule has 1 aromatic heterocycles. The molecule has 32 heavy (non-hydrogen) atoms. The van der Waals surface area contributed by atoms with Crippen molar-refractivity contribution in [2.24, 2.45) is 15.9 Å². The van der Waals surface area contributed by atoms with Crippen molar-refractivity contribution in [2.75, 3.05) is 5.32 Å². The molecule has 1 aliphatic carbocycles. The third kappa shape index (κ3) is 4.69. The molecule has 5 rings (SSSR count). The van der Waals surface area contributed by atoms with Crippen LogP contribution in [0.2, 0.25) is 5.82 Å². The molecule has 0 spiro atoms. The highest BCUT2D eigenvalue weighted by molar-refractivity contribution is 6.13. The first-order valence-corrected chi connectivity index (χ1v) is 11.6. The summed E-state index contributed by atoms with van der Waals surface area (Å²) < 4.78 is 0. The van der Waals surface area contributed by atoms with Crippen LogP contribution in [0.1, 0.15) is 44.1 Å². The molecule has 0 saturated heterocycles. The number of aliphatic imine (C=N–C) groups is 2. The second kappa shape index (κ2) is 9.55. The fourth-order valence-corrected chi connectivity index (χ4v) is 4.70. The lowest BCUT2D eigenvalue weighted by molar-refractivity contribution is 0.458. The van der Waals surface area contributed by atoms with E-state index in [4.69, 9.17) is 17.8 Å². The van der Waals surface area contributed by atoms with Gasteiger partial charge in [-0.1, -0.05) is 74.0 Å². The summed E-state index contributed by atoms with van der Waals surface area (Å²) in [5.74, 6) is 2.37. The Morgan fingerprint density at radius 3 is 2.44 bits per heavy atom. The maximum absolute atomic E-state index is 6.37. The SMILES string of the molecule is [B]C1CCCCC2N=C(c3ccccc3)N=C(Nc3ccc(-c4cn[nH]c4)cc3)C2CC1. The monoisotopic (exact) mass is 421 g/mol. The Balaban J connectivity index is 1.45. The van der Waals surface area contributed by atoms with E-state index >= 15 is 0 Å². The zero-order valence-corrected chi connectivity index (χ0v) is 18.2. The lowest BCUT2D eigenvalue weighted by Crippen LogP contribution is -2.37. The molecule has 2 aromatic carbocycles. The van der Waals surface area contributed by atoms with Gasteiger partial charge in [-0.3, -0.25) is 10.1 Å². The summed E-state index contributed by atoms with van der Waals surface area (Å²) in [6.45, 7) is 0. The average Bonchev–Trinajstić information content (AvgIpc) is 3.39. The highest BCUT2D eigenvalue weighted by atomic mass is 15.1. The standard InChI is InChI=1S/C26H28BN5/c27-21-8-4-5-9-24-23(15-12-21)26(32-25(31-24)19-6-2-1-3-7-19)30-22-13-10-18(11-14-22)20-16-28-29-17-20/h1-3,6-7,10-11,13-14,16-17,21,23-24H,4-5,8-9,12,15H2,(H,28,29)(H,30,31,32). The van der Waals surface area contributed by atoms with Crippen molar-refractivity contribution >= 4 is 25.2 Å². The summed E-state index contributed by atoms with van der Waals surface area (Å²) >= 11 is 0. The molecule has 1 fully saturated rings. The number of aromatic amines is 1. The Morgan fingerprint density at radius 1 is 0.844 bits per heavy atom. The van der Waals surface area contributed by atoms with E-state index in [9.17, 15) is 0 Å². The highest BCUT2D eigenvalue weighted by Crippen LogP contribution is 2.33. The van der Waals surface area contributed by atoms with Crippen molar-refractivity contribution in [2.45, 2.75) is 50.4 Å². The van der Waals surface area contributed by atoms with Gasteiger partial charge in [-0.15, -0.1) is 0 Å². The third-order valence-corrected chi connectivity index (χ3v) is 6.52. The maximum Gasteiger partial charge on any atom is 0.156 e. The Labute approximate surface area is 190 Å². The van der Waals surface area contributed by atoms with E-state index in [0.717, 1.165) is 66.2 Å². The van der Waals surface area contributed by atoms with E-state index in [2.05, 4.69) is 51.9 Å². The molecule has 0 bridgehead atoms. The zero-order valence-electron chi connectivity index (χ0n) is 18.2. The lowest BCUT2D eigenvalue weighted by atomic mass is 9.78. The van der Waals surface area contributed by atoms with Gasteiger partial charge in [0.25, 0.3) is 0 Å². The van der Waals surface area contributed by atoms with Crippen LogP contribution in [0.3, 0.4) is 0 Å². The minimum absolute atomic E-state index is 0.237. The second-order valence-corrected chi connectivity index (χ2v) is 8.80. The average molecular weight is 421 g/mol. The molecule has 1 aliphatic heterocycles. The first-order chi connectivity index (χ1) is 15.8. The van der Waals surface area contributed by atoms with Gasteiger partial charge in [0.1, 0.15) is 5.84 Å². The smallest absolute Gasteiger partial charge is 0.156 e. The van der Waals surface area contributed by atoms with Gasteiger partial charge in [0, 0.05) is 28.9 Å². The van der Waals surface area contributed by atoms with Gasteiger partial charge < -0.3 is 5.32 Å². The van der Waals surface area contributed by atoms with E-state index in [-0.39, 0.29) is 17.8 Å². The van der Waals surface area contributed by atoms with Gasteiger partial charge in [0.2, 0.25) is 0 Å². The second-order valence-electron chi connectivity index (χ2n) is 8.80. The number of aromatic nitrogens is 2. The third-order valence-electron chi connectivity index (χ3n) is 6.52. The molecule has 6 heteroatoms. The molecule has 0 amide bonds. The van der Waals surface area contributed by atoms with Gasteiger partial charge in [-0.05, 0) is 30.5 Å². The summed E-state index contributed by atoms with van der Waals surface area (Å²) in [5, 5.41) is 10.6. The van der Waals surface area contributed by atoms with Crippen LogP contribution in [0.5, 0.6) is 0 Å². The van der Waals surface area contributed by atoms with E-state index in [1.165, 1.54) is 6.42 Å². The van der Waals surface area contributed by atoms with Crippen LogP contribution in [0.15, 0.2) is 77.0 Å². The molecule has 1 saturated carbocycles. The predicted octanol–water partition coefficient (Wildman–Crippen LogP) is 5.64. The number of nitrogens with one attached hydrogen (secondary N) is 2. The van der Waals surface area contributed by atoms with E-state index in [1.807, 2.05) is 30.6 Å². The molecule has 2 N–H and O–H groups in total. The molecule has 160 valence electrons. The minimum Gasteiger partial charge on any atom is -0.343 e. The molecule has 3 unspecified atom stereocenters. The van der Waals surface area contributed by atoms with Crippen molar-refractivity contribution in [3.63, 3.8) is 0 Å².